The molecule has 4 heteroatoms. The number of amides is 1. The molecule has 108 valence electrons. The fourth-order valence-electron chi connectivity index (χ4n) is 3.27. The Balaban J connectivity index is 1.82. The summed E-state index contributed by atoms with van der Waals surface area (Å²) in [7, 11) is 0. The fourth-order valence-corrected chi connectivity index (χ4v) is 3.27. The number of aromatic nitrogens is 1. The van der Waals surface area contributed by atoms with Gasteiger partial charge in [0, 0.05) is 25.5 Å². The lowest BCUT2D eigenvalue weighted by atomic mass is 9.99. The van der Waals surface area contributed by atoms with Gasteiger partial charge < -0.3 is 9.64 Å². The number of likely N-dealkylation sites (tertiary alicyclic amines) is 1. The summed E-state index contributed by atoms with van der Waals surface area (Å²) in [6.07, 6.45) is 9.09. The first-order valence-electron chi connectivity index (χ1n) is 7.64. The zero-order chi connectivity index (χ0) is 13.8. The van der Waals surface area contributed by atoms with Gasteiger partial charge in [-0.3, -0.25) is 9.78 Å². The monoisotopic (exact) mass is 274 g/mol. The number of hydrogen-bond donors (Lipinski definition) is 0. The van der Waals surface area contributed by atoms with Gasteiger partial charge in [-0.25, -0.2) is 0 Å². The maximum Gasteiger partial charge on any atom is 0.228 e. The molecule has 2 unspecified atom stereocenters. The maximum absolute atomic E-state index is 12.8. The van der Waals surface area contributed by atoms with Crippen molar-refractivity contribution >= 4 is 5.91 Å². The third-order valence-electron chi connectivity index (χ3n) is 4.41. The van der Waals surface area contributed by atoms with Gasteiger partial charge >= 0.3 is 0 Å². The number of carbonyl (C=O) groups is 1. The van der Waals surface area contributed by atoms with E-state index < -0.39 is 0 Å². The number of carbonyl (C=O) groups excluding carboxylic acids is 1. The summed E-state index contributed by atoms with van der Waals surface area (Å²) >= 11 is 0. The summed E-state index contributed by atoms with van der Waals surface area (Å²) in [6, 6.07) is 4.30. The van der Waals surface area contributed by atoms with Crippen LogP contribution in [-0.4, -0.2) is 35.5 Å². The van der Waals surface area contributed by atoms with Crippen LogP contribution in [0.5, 0.6) is 0 Å². The molecule has 3 rings (SSSR count). The SMILES string of the molecule is O=C(C1CCOC1)N1CCCCCC1c1ccncc1. The van der Waals surface area contributed by atoms with Gasteiger partial charge in [-0.2, -0.15) is 0 Å². The summed E-state index contributed by atoms with van der Waals surface area (Å²) < 4.78 is 5.38. The highest BCUT2D eigenvalue weighted by Crippen LogP contribution is 2.32. The second-order valence-electron chi connectivity index (χ2n) is 5.74. The van der Waals surface area contributed by atoms with Crippen molar-refractivity contribution in [1.82, 2.24) is 9.88 Å². The molecule has 20 heavy (non-hydrogen) atoms. The van der Waals surface area contributed by atoms with Gasteiger partial charge in [-0.15, -0.1) is 0 Å². The van der Waals surface area contributed by atoms with E-state index in [0.29, 0.717) is 6.61 Å². The molecule has 2 fully saturated rings. The third-order valence-corrected chi connectivity index (χ3v) is 4.41. The summed E-state index contributed by atoms with van der Waals surface area (Å²) in [4.78, 5) is 19.0. The van der Waals surface area contributed by atoms with E-state index in [0.717, 1.165) is 32.4 Å². The van der Waals surface area contributed by atoms with Gasteiger partial charge in [0.1, 0.15) is 0 Å². The zero-order valence-electron chi connectivity index (χ0n) is 11.8. The first-order chi connectivity index (χ1) is 9.86. The Hall–Kier alpha value is -1.42. The molecule has 3 heterocycles. The second-order valence-corrected chi connectivity index (χ2v) is 5.74. The lowest BCUT2D eigenvalue weighted by molar-refractivity contribution is -0.138. The fraction of sp³-hybridized carbons (Fsp3) is 0.625. The van der Waals surface area contributed by atoms with Crippen LogP contribution in [0.4, 0.5) is 0 Å². The predicted octanol–water partition coefficient (Wildman–Crippen LogP) is 2.56. The van der Waals surface area contributed by atoms with E-state index in [1.54, 1.807) is 0 Å². The van der Waals surface area contributed by atoms with Gasteiger partial charge in [0.25, 0.3) is 0 Å². The molecule has 0 bridgehead atoms. The number of pyridine rings is 1. The Morgan fingerprint density at radius 1 is 1.20 bits per heavy atom. The summed E-state index contributed by atoms with van der Waals surface area (Å²) in [6.45, 7) is 2.20. The highest BCUT2D eigenvalue weighted by atomic mass is 16.5. The molecule has 1 amide bonds. The van der Waals surface area contributed by atoms with E-state index in [2.05, 4.69) is 9.88 Å². The van der Waals surface area contributed by atoms with Gasteiger partial charge in [0.05, 0.1) is 18.6 Å². The topological polar surface area (TPSA) is 42.4 Å². The molecule has 0 spiro atoms. The largest absolute Gasteiger partial charge is 0.381 e. The van der Waals surface area contributed by atoms with Crippen molar-refractivity contribution in [3.05, 3.63) is 30.1 Å². The molecule has 1 aromatic heterocycles. The standard InChI is InChI=1S/C16H22N2O2/c19-16(14-7-11-20-12-14)18-10-3-1-2-4-15(18)13-5-8-17-9-6-13/h5-6,8-9,14-15H,1-4,7,10-12H2. The van der Waals surface area contributed by atoms with Crippen LogP contribution in [0.3, 0.4) is 0 Å². The van der Waals surface area contributed by atoms with Crippen molar-refractivity contribution in [2.75, 3.05) is 19.8 Å². The van der Waals surface area contributed by atoms with Crippen molar-refractivity contribution in [3.8, 4) is 0 Å². The van der Waals surface area contributed by atoms with Crippen LogP contribution < -0.4 is 0 Å². The van der Waals surface area contributed by atoms with E-state index in [1.165, 1.54) is 18.4 Å². The molecule has 0 saturated carbocycles. The van der Waals surface area contributed by atoms with Gasteiger partial charge in [-0.05, 0) is 37.0 Å². The molecule has 2 atom stereocenters. The number of hydrogen-bond acceptors (Lipinski definition) is 3. The number of nitrogens with zero attached hydrogens (tertiary/aromatic N) is 2. The van der Waals surface area contributed by atoms with Gasteiger partial charge in [0.15, 0.2) is 0 Å². The summed E-state index contributed by atoms with van der Waals surface area (Å²) in [5.74, 6) is 0.351. The molecule has 1 aromatic rings. The van der Waals surface area contributed by atoms with E-state index in [1.807, 2.05) is 24.5 Å². The molecular weight excluding hydrogens is 252 g/mol. The molecule has 0 N–H and O–H groups in total. The second kappa shape index (κ2) is 6.35. The first-order valence-corrected chi connectivity index (χ1v) is 7.64. The minimum atomic E-state index is 0.0671. The van der Waals surface area contributed by atoms with Crippen LogP contribution in [0.1, 0.15) is 43.7 Å². The molecular formula is C16H22N2O2. The van der Waals surface area contributed by atoms with Crippen molar-refractivity contribution < 1.29 is 9.53 Å². The molecule has 2 saturated heterocycles. The van der Waals surface area contributed by atoms with Crippen LogP contribution in [0.2, 0.25) is 0 Å². The molecule has 2 aliphatic rings. The number of ether oxygens (including phenoxy) is 1. The molecule has 0 aliphatic carbocycles. The molecule has 0 radical (unpaired) electrons. The summed E-state index contributed by atoms with van der Waals surface area (Å²) in [5.41, 5.74) is 1.22. The Kier molecular flexibility index (Phi) is 4.31. The van der Waals surface area contributed by atoms with Crippen LogP contribution in [-0.2, 0) is 9.53 Å². The average molecular weight is 274 g/mol. The highest BCUT2D eigenvalue weighted by molar-refractivity contribution is 5.79. The average Bonchev–Trinajstić information content (AvgIpc) is 2.92. The lowest BCUT2D eigenvalue weighted by Crippen LogP contribution is -2.39. The normalized spacial score (nSPS) is 27.3. The quantitative estimate of drug-likeness (QED) is 0.832. The summed E-state index contributed by atoms with van der Waals surface area (Å²) in [5, 5.41) is 0. The molecule has 0 aromatic carbocycles. The number of rotatable bonds is 2. The maximum atomic E-state index is 12.8. The van der Waals surface area contributed by atoms with Crippen LogP contribution in [0, 0.1) is 5.92 Å². The minimum Gasteiger partial charge on any atom is -0.381 e. The van der Waals surface area contributed by atoms with Gasteiger partial charge in [0.2, 0.25) is 5.91 Å². The van der Waals surface area contributed by atoms with Crippen LogP contribution in [0.15, 0.2) is 24.5 Å². The Labute approximate surface area is 120 Å². The Bertz CT molecular complexity index is 443. The Morgan fingerprint density at radius 3 is 2.80 bits per heavy atom. The van der Waals surface area contributed by atoms with E-state index in [4.69, 9.17) is 4.74 Å². The van der Waals surface area contributed by atoms with Gasteiger partial charge in [-0.1, -0.05) is 12.8 Å². The highest BCUT2D eigenvalue weighted by Gasteiger charge is 2.33. The smallest absolute Gasteiger partial charge is 0.228 e. The minimum absolute atomic E-state index is 0.0671. The van der Waals surface area contributed by atoms with E-state index in [9.17, 15) is 4.79 Å². The predicted molar refractivity (Wildman–Crippen MR) is 76.1 cm³/mol. The van der Waals surface area contributed by atoms with E-state index >= 15 is 0 Å². The van der Waals surface area contributed by atoms with Crippen molar-refractivity contribution in [2.24, 2.45) is 5.92 Å². The third kappa shape index (κ3) is 2.85. The van der Waals surface area contributed by atoms with Crippen molar-refractivity contribution in [3.63, 3.8) is 0 Å². The zero-order valence-corrected chi connectivity index (χ0v) is 11.8. The van der Waals surface area contributed by atoms with Crippen molar-refractivity contribution in [2.45, 2.75) is 38.1 Å². The first kappa shape index (κ1) is 13.6. The lowest BCUT2D eigenvalue weighted by Gasteiger charge is -2.32. The van der Waals surface area contributed by atoms with E-state index in [-0.39, 0.29) is 17.9 Å². The Morgan fingerprint density at radius 2 is 2.05 bits per heavy atom. The van der Waals surface area contributed by atoms with Crippen molar-refractivity contribution in [1.29, 1.82) is 0 Å². The molecule has 4 nitrogen and oxygen atoms in total. The molecule has 2 aliphatic heterocycles. The van der Waals surface area contributed by atoms with Crippen LogP contribution in [0.25, 0.3) is 0 Å². The van der Waals surface area contributed by atoms with Crippen LogP contribution >= 0.6 is 0 Å².